The fourth-order valence-electron chi connectivity index (χ4n) is 2.40. The van der Waals surface area contributed by atoms with E-state index >= 15 is 0 Å². The van der Waals surface area contributed by atoms with Gasteiger partial charge in [0.15, 0.2) is 10.9 Å². The molecule has 0 spiro atoms. The molecule has 20 heavy (non-hydrogen) atoms. The minimum Gasteiger partial charge on any atom is -0.383 e. The molecule has 2 rings (SSSR count). The Balaban J connectivity index is 2.21. The molecule has 112 valence electrons. The molecule has 1 heterocycles. The summed E-state index contributed by atoms with van der Waals surface area (Å²) in [5.74, 6) is 0.237. The molecule has 1 aromatic heterocycles. The van der Waals surface area contributed by atoms with Crippen LogP contribution in [0, 0.1) is 0 Å². The highest BCUT2D eigenvalue weighted by Crippen LogP contribution is 2.32. The van der Waals surface area contributed by atoms with Gasteiger partial charge in [-0.3, -0.25) is 4.79 Å². The molecule has 0 N–H and O–H groups in total. The molecule has 6 heteroatoms. The quantitative estimate of drug-likeness (QED) is 0.772. The smallest absolute Gasteiger partial charge is 0.186 e. The Hall–Kier alpha value is -0.980. The fraction of sp³-hybridized carbons (Fsp3) is 0.714. The standard InChI is InChI=1S/C14H22N2O3S/c1-10(9-19-3)16(7-8-18-2)14-15-11-5-4-6-12(17)13(11)20-14/h10H,4-9H2,1-3H3. The zero-order valence-corrected chi connectivity index (χ0v) is 13.2. The van der Waals surface area contributed by atoms with Gasteiger partial charge < -0.3 is 14.4 Å². The van der Waals surface area contributed by atoms with E-state index in [2.05, 4.69) is 16.8 Å². The molecule has 0 aliphatic heterocycles. The van der Waals surface area contributed by atoms with Crippen LogP contribution >= 0.6 is 11.3 Å². The first kappa shape index (κ1) is 15.4. The maximum absolute atomic E-state index is 11.9. The summed E-state index contributed by atoms with van der Waals surface area (Å²) in [6.07, 6.45) is 2.48. The number of rotatable bonds is 7. The molecular formula is C14H22N2O3S. The van der Waals surface area contributed by atoms with Gasteiger partial charge in [-0.1, -0.05) is 11.3 Å². The minimum absolute atomic E-state index is 0.206. The second kappa shape index (κ2) is 7.15. The van der Waals surface area contributed by atoms with Crippen LogP contribution in [0.2, 0.25) is 0 Å². The van der Waals surface area contributed by atoms with Gasteiger partial charge in [0, 0.05) is 27.2 Å². The lowest BCUT2D eigenvalue weighted by Gasteiger charge is -2.28. The van der Waals surface area contributed by atoms with Crippen LogP contribution in [0.25, 0.3) is 0 Å². The highest BCUT2D eigenvalue weighted by Gasteiger charge is 2.25. The monoisotopic (exact) mass is 298 g/mol. The average molecular weight is 298 g/mol. The van der Waals surface area contributed by atoms with Crippen LogP contribution < -0.4 is 4.90 Å². The zero-order chi connectivity index (χ0) is 14.5. The second-order valence-corrected chi connectivity index (χ2v) is 6.02. The van der Waals surface area contributed by atoms with Crippen molar-refractivity contribution in [3.05, 3.63) is 10.6 Å². The minimum atomic E-state index is 0.206. The van der Waals surface area contributed by atoms with E-state index in [1.54, 1.807) is 14.2 Å². The molecule has 0 amide bonds. The third kappa shape index (κ3) is 3.37. The van der Waals surface area contributed by atoms with Crippen molar-refractivity contribution in [2.75, 3.05) is 38.9 Å². The van der Waals surface area contributed by atoms with Crippen LogP contribution in [0.1, 0.15) is 35.1 Å². The number of methoxy groups -OCH3 is 2. The van der Waals surface area contributed by atoms with Gasteiger partial charge in [-0.15, -0.1) is 0 Å². The van der Waals surface area contributed by atoms with Crippen molar-refractivity contribution in [2.24, 2.45) is 0 Å². The molecule has 1 aliphatic rings. The number of aromatic nitrogens is 1. The van der Waals surface area contributed by atoms with Gasteiger partial charge in [0.05, 0.1) is 29.8 Å². The number of ether oxygens (including phenoxy) is 2. The van der Waals surface area contributed by atoms with Crippen LogP contribution in [0.5, 0.6) is 0 Å². The highest BCUT2D eigenvalue weighted by molar-refractivity contribution is 7.17. The van der Waals surface area contributed by atoms with Gasteiger partial charge in [-0.05, 0) is 19.8 Å². The number of hydrogen-bond acceptors (Lipinski definition) is 6. The Kier molecular flexibility index (Phi) is 5.51. The average Bonchev–Trinajstić information content (AvgIpc) is 2.85. The lowest BCUT2D eigenvalue weighted by atomic mass is 10.0. The normalized spacial score (nSPS) is 16.1. The molecule has 1 unspecified atom stereocenters. The van der Waals surface area contributed by atoms with E-state index in [0.717, 1.165) is 35.1 Å². The van der Waals surface area contributed by atoms with Crippen LogP contribution in [0.3, 0.4) is 0 Å². The van der Waals surface area contributed by atoms with Crippen LogP contribution in [-0.4, -0.2) is 50.8 Å². The zero-order valence-electron chi connectivity index (χ0n) is 12.3. The van der Waals surface area contributed by atoms with E-state index in [-0.39, 0.29) is 11.8 Å². The first-order valence-corrected chi connectivity index (χ1v) is 7.76. The van der Waals surface area contributed by atoms with E-state index in [9.17, 15) is 4.79 Å². The number of Topliss-reactive ketones (excluding diaryl/α,β-unsaturated/α-hetero) is 1. The van der Waals surface area contributed by atoms with Gasteiger partial charge in [-0.25, -0.2) is 4.98 Å². The summed E-state index contributed by atoms with van der Waals surface area (Å²) in [4.78, 5) is 19.6. The molecule has 0 saturated heterocycles. The number of aryl methyl sites for hydroxylation is 1. The van der Waals surface area contributed by atoms with Crippen molar-refractivity contribution in [2.45, 2.75) is 32.2 Å². The maximum Gasteiger partial charge on any atom is 0.186 e. The van der Waals surface area contributed by atoms with E-state index in [1.807, 2.05) is 0 Å². The van der Waals surface area contributed by atoms with E-state index in [1.165, 1.54) is 11.3 Å². The summed E-state index contributed by atoms with van der Waals surface area (Å²) in [6, 6.07) is 0.206. The summed E-state index contributed by atoms with van der Waals surface area (Å²) in [5, 5.41) is 0.909. The van der Waals surface area contributed by atoms with Crippen molar-refractivity contribution in [1.29, 1.82) is 0 Å². The summed E-state index contributed by atoms with van der Waals surface area (Å²) in [7, 11) is 3.39. The number of thiazole rings is 1. The van der Waals surface area contributed by atoms with Crippen LogP contribution in [0.4, 0.5) is 5.13 Å². The van der Waals surface area contributed by atoms with Gasteiger partial charge in [0.25, 0.3) is 0 Å². The summed E-state index contributed by atoms with van der Waals surface area (Å²) in [6.45, 7) is 4.11. The Morgan fingerprint density at radius 3 is 2.80 bits per heavy atom. The molecule has 1 aromatic rings. The molecule has 1 aliphatic carbocycles. The predicted octanol–water partition coefficient (Wildman–Crippen LogP) is 2.15. The Labute approximate surface area is 123 Å². The first-order valence-electron chi connectivity index (χ1n) is 6.94. The Bertz CT molecular complexity index is 461. The topological polar surface area (TPSA) is 51.7 Å². The largest absolute Gasteiger partial charge is 0.383 e. The third-order valence-corrected chi connectivity index (χ3v) is 4.65. The SMILES string of the molecule is COCCN(c1nc2c(s1)C(=O)CCC2)C(C)COC. The first-order chi connectivity index (χ1) is 9.67. The van der Waals surface area contributed by atoms with Gasteiger partial charge >= 0.3 is 0 Å². The number of fused-ring (bicyclic) bond motifs is 1. The predicted molar refractivity (Wildman–Crippen MR) is 79.9 cm³/mol. The number of anilines is 1. The van der Waals surface area contributed by atoms with Crippen molar-refractivity contribution in [1.82, 2.24) is 4.98 Å². The van der Waals surface area contributed by atoms with Gasteiger partial charge in [0.2, 0.25) is 0 Å². The molecule has 0 bridgehead atoms. The van der Waals surface area contributed by atoms with Crippen LogP contribution in [0.15, 0.2) is 0 Å². The molecular weight excluding hydrogens is 276 g/mol. The third-order valence-electron chi connectivity index (χ3n) is 3.48. The van der Waals surface area contributed by atoms with Crippen molar-refractivity contribution in [3.8, 4) is 0 Å². The molecule has 5 nitrogen and oxygen atoms in total. The molecule has 0 saturated carbocycles. The number of carbonyl (C=O) groups excluding carboxylic acids is 1. The molecule has 0 radical (unpaired) electrons. The molecule has 1 atom stereocenters. The number of ketones is 1. The summed E-state index contributed by atoms with van der Waals surface area (Å²) in [5.41, 5.74) is 0.966. The number of hydrogen-bond donors (Lipinski definition) is 0. The Morgan fingerprint density at radius 1 is 1.35 bits per heavy atom. The summed E-state index contributed by atoms with van der Waals surface area (Å²) < 4.78 is 10.4. The lowest BCUT2D eigenvalue weighted by Crippen LogP contribution is -2.38. The molecule has 0 aromatic carbocycles. The second-order valence-electron chi connectivity index (χ2n) is 5.04. The van der Waals surface area contributed by atoms with Crippen molar-refractivity contribution < 1.29 is 14.3 Å². The van der Waals surface area contributed by atoms with Crippen LogP contribution in [-0.2, 0) is 15.9 Å². The summed E-state index contributed by atoms with van der Waals surface area (Å²) >= 11 is 1.51. The highest BCUT2D eigenvalue weighted by atomic mass is 32.1. The Morgan fingerprint density at radius 2 is 2.15 bits per heavy atom. The maximum atomic E-state index is 11.9. The van der Waals surface area contributed by atoms with E-state index in [4.69, 9.17) is 9.47 Å². The lowest BCUT2D eigenvalue weighted by molar-refractivity contribution is 0.0976. The van der Waals surface area contributed by atoms with E-state index < -0.39 is 0 Å². The number of nitrogens with zero attached hydrogens (tertiary/aromatic N) is 2. The van der Waals surface area contributed by atoms with Crippen molar-refractivity contribution >= 4 is 22.3 Å². The van der Waals surface area contributed by atoms with Crippen molar-refractivity contribution in [3.63, 3.8) is 0 Å². The molecule has 0 fully saturated rings. The van der Waals surface area contributed by atoms with Gasteiger partial charge in [0.1, 0.15) is 0 Å². The number of carbonyl (C=O) groups is 1. The van der Waals surface area contributed by atoms with Gasteiger partial charge in [-0.2, -0.15) is 0 Å². The van der Waals surface area contributed by atoms with E-state index in [0.29, 0.717) is 19.6 Å². The fourth-order valence-corrected chi connectivity index (χ4v) is 3.61.